The maximum absolute atomic E-state index is 5.50. The van der Waals surface area contributed by atoms with E-state index in [2.05, 4.69) is 40.5 Å². The number of aromatic amines is 1. The summed E-state index contributed by atoms with van der Waals surface area (Å²) in [7, 11) is 0. The van der Waals surface area contributed by atoms with Crippen molar-refractivity contribution in [1.29, 1.82) is 0 Å². The first-order valence-corrected chi connectivity index (χ1v) is 7.15. The van der Waals surface area contributed by atoms with Crippen molar-refractivity contribution in [2.45, 2.75) is 32.7 Å². The highest BCUT2D eigenvalue weighted by molar-refractivity contribution is 7.71. The molecule has 1 aromatic carbocycles. The van der Waals surface area contributed by atoms with Gasteiger partial charge in [0.15, 0.2) is 4.77 Å². The zero-order valence-corrected chi connectivity index (χ0v) is 12.0. The molecular weight excluding hydrogens is 254 g/mol. The zero-order chi connectivity index (χ0) is 13.4. The smallest absolute Gasteiger partial charge is 0.178 e. The van der Waals surface area contributed by atoms with E-state index >= 15 is 0 Å². The van der Waals surface area contributed by atoms with Crippen LogP contribution in [0.5, 0.6) is 0 Å². The van der Waals surface area contributed by atoms with Crippen molar-refractivity contribution in [3.05, 3.63) is 35.2 Å². The number of imidazole rings is 1. The number of aromatic nitrogens is 3. The second kappa shape index (κ2) is 4.78. The number of rotatable bonds is 3. The van der Waals surface area contributed by atoms with E-state index in [4.69, 9.17) is 12.2 Å². The lowest BCUT2D eigenvalue weighted by molar-refractivity contribution is 0.479. The molecule has 0 saturated heterocycles. The molecule has 0 saturated carbocycles. The lowest BCUT2D eigenvalue weighted by Gasteiger charge is -2.16. The van der Waals surface area contributed by atoms with Crippen LogP contribution in [0.25, 0.3) is 21.9 Å². The quantitative estimate of drug-likeness (QED) is 0.706. The van der Waals surface area contributed by atoms with Crippen molar-refractivity contribution in [2.75, 3.05) is 0 Å². The predicted molar refractivity (Wildman–Crippen MR) is 82.0 cm³/mol. The summed E-state index contributed by atoms with van der Waals surface area (Å²) in [5.41, 5.74) is 3.23. The molecule has 3 rings (SSSR count). The van der Waals surface area contributed by atoms with E-state index in [9.17, 15) is 0 Å². The summed E-state index contributed by atoms with van der Waals surface area (Å²) in [5.74, 6) is 0. The molecule has 3 aromatic rings. The van der Waals surface area contributed by atoms with Gasteiger partial charge in [0.25, 0.3) is 0 Å². The normalized spacial score (nSPS) is 11.7. The van der Waals surface area contributed by atoms with Gasteiger partial charge in [-0.25, -0.2) is 0 Å². The van der Waals surface area contributed by atoms with Crippen LogP contribution in [0.2, 0.25) is 0 Å². The standard InChI is InChI=1S/C15H17N3S/c1-3-10(4-2)18-14-11-7-5-6-8-12(11)16-9-13(14)17-15(18)19/h5-10H,3-4H2,1-2H3,(H,17,19). The number of nitrogens with one attached hydrogen (secondary N) is 1. The maximum atomic E-state index is 5.50. The van der Waals surface area contributed by atoms with Crippen LogP contribution in [0.1, 0.15) is 32.7 Å². The average Bonchev–Trinajstić information content (AvgIpc) is 2.78. The second-order valence-corrected chi connectivity index (χ2v) is 5.19. The lowest BCUT2D eigenvalue weighted by Crippen LogP contribution is -2.07. The first-order valence-electron chi connectivity index (χ1n) is 6.74. The fourth-order valence-electron chi connectivity index (χ4n) is 2.76. The molecule has 0 unspecified atom stereocenters. The molecule has 19 heavy (non-hydrogen) atoms. The summed E-state index contributed by atoms with van der Waals surface area (Å²) in [5, 5.41) is 1.17. The van der Waals surface area contributed by atoms with Gasteiger partial charge in [0.2, 0.25) is 0 Å². The number of hydrogen-bond donors (Lipinski definition) is 1. The molecule has 0 fully saturated rings. The van der Waals surface area contributed by atoms with Crippen molar-refractivity contribution in [1.82, 2.24) is 14.5 Å². The first kappa shape index (κ1) is 12.4. The predicted octanol–water partition coefficient (Wildman–Crippen LogP) is 4.61. The van der Waals surface area contributed by atoms with Gasteiger partial charge < -0.3 is 9.55 Å². The van der Waals surface area contributed by atoms with E-state index in [1.807, 2.05) is 18.3 Å². The third kappa shape index (κ3) is 1.87. The fourth-order valence-corrected chi connectivity index (χ4v) is 3.11. The van der Waals surface area contributed by atoms with E-state index in [1.165, 1.54) is 10.9 Å². The Morgan fingerprint density at radius 3 is 2.74 bits per heavy atom. The number of benzene rings is 1. The number of pyridine rings is 1. The van der Waals surface area contributed by atoms with E-state index < -0.39 is 0 Å². The van der Waals surface area contributed by atoms with Gasteiger partial charge in [-0.1, -0.05) is 32.0 Å². The summed E-state index contributed by atoms with van der Waals surface area (Å²) in [4.78, 5) is 7.77. The Morgan fingerprint density at radius 2 is 2.00 bits per heavy atom. The molecule has 0 aliphatic carbocycles. The SMILES string of the molecule is CCC(CC)n1c(=S)[nH]c2cnc3ccccc3c21. The van der Waals surface area contributed by atoms with Crippen LogP contribution >= 0.6 is 12.2 Å². The van der Waals surface area contributed by atoms with Gasteiger partial charge in [-0.3, -0.25) is 4.98 Å². The molecule has 2 heterocycles. The number of nitrogens with zero attached hydrogens (tertiary/aromatic N) is 2. The van der Waals surface area contributed by atoms with Crippen LogP contribution in [0.4, 0.5) is 0 Å². The maximum Gasteiger partial charge on any atom is 0.178 e. The average molecular weight is 271 g/mol. The Hall–Kier alpha value is -1.68. The van der Waals surface area contributed by atoms with Crippen molar-refractivity contribution in [3.8, 4) is 0 Å². The molecule has 1 N–H and O–H groups in total. The zero-order valence-electron chi connectivity index (χ0n) is 11.2. The summed E-state index contributed by atoms with van der Waals surface area (Å²) < 4.78 is 3.05. The Labute approximate surface area is 117 Å². The Balaban J connectivity index is 2.46. The van der Waals surface area contributed by atoms with E-state index in [1.54, 1.807) is 0 Å². The third-order valence-electron chi connectivity index (χ3n) is 3.76. The second-order valence-electron chi connectivity index (χ2n) is 4.81. The van der Waals surface area contributed by atoms with Gasteiger partial charge in [0.05, 0.1) is 22.7 Å². The first-order chi connectivity index (χ1) is 9.26. The molecule has 0 amide bonds. The molecule has 0 bridgehead atoms. The molecule has 0 radical (unpaired) electrons. The summed E-state index contributed by atoms with van der Waals surface area (Å²) in [6.07, 6.45) is 4.04. The van der Waals surface area contributed by atoms with Crippen molar-refractivity contribution in [2.24, 2.45) is 0 Å². The minimum absolute atomic E-state index is 0.437. The fraction of sp³-hybridized carbons (Fsp3) is 0.333. The summed E-state index contributed by atoms with van der Waals surface area (Å²) in [6, 6.07) is 8.67. The number of para-hydroxylation sites is 1. The summed E-state index contributed by atoms with van der Waals surface area (Å²) in [6.45, 7) is 4.41. The minimum atomic E-state index is 0.437. The van der Waals surface area contributed by atoms with Gasteiger partial charge in [-0.15, -0.1) is 0 Å². The molecule has 2 aromatic heterocycles. The van der Waals surface area contributed by atoms with E-state index in [-0.39, 0.29) is 0 Å². The largest absolute Gasteiger partial charge is 0.329 e. The molecule has 0 spiro atoms. The van der Waals surface area contributed by atoms with E-state index in [0.29, 0.717) is 6.04 Å². The van der Waals surface area contributed by atoms with Gasteiger partial charge in [-0.2, -0.15) is 0 Å². The molecule has 3 nitrogen and oxygen atoms in total. The molecule has 0 atom stereocenters. The lowest BCUT2D eigenvalue weighted by atomic mass is 10.1. The van der Waals surface area contributed by atoms with Crippen LogP contribution in [0.15, 0.2) is 30.5 Å². The molecular formula is C15H17N3S. The van der Waals surface area contributed by atoms with Gasteiger partial charge >= 0.3 is 0 Å². The van der Waals surface area contributed by atoms with Crippen LogP contribution in [-0.4, -0.2) is 14.5 Å². The van der Waals surface area contributed by atoms with Crippen molar-refractivity contribution >= 4 is 34.2 Å². The van der Waals surface area contributed by atoms with Crippen molar-refractivity contribution in [3.63, 3.8) is 0 Å². The minimum Gasteiger partial charge on any atom is -0.329 e. The van der Waals surface area contributed by atoms with Crippen LogP contribution in [0.3, 0.4) is 0 Å². The molecule has 0 aliphatic rings. The Kier molecular flexibility index (Phi) is 3.11. The highest BCUT2D eigenvalue weighted by Crippen LogP contribution is 2.28. The van der Waals surface area contributed by atoms with Crippen LogP contribution in [-0.2, 0) is 0 Å². The molecule has 98 valence electrons. The highest BCUT2D eigenvalue weighted by atomic mass is 32.1. The third-order valence-corrected chi connectivity index (χ3v) is 4.05. The van der Waals surface area contributed by atoms with E-state index in [0.717, 1.165) is 28.6 Å². The molecule has 0 aliphatic heterocycles. The Bertz CT molecular complexity index is 781. The van der Waals surface area contributed by atoms with Gasteiger partial charge in [0.1, 0.15) is 0 Å². The number of fused-ring (bicyclic) bond motifs is 3. The topological polar surface area (TPSA) is 33.6 Å². The monoisotopic (exact) mass is 271 g/mol. The number of hydrogen-bond acceptors (Lipinski definition) is 2. The Morgan fingerprint density at radius 1 is 1.26 bits per heavy atom. The van der Waals surface area contributed by atoms with Gasteiger partial charge in [-0.05, 0) is 31.1 Å². The van der Waals surface area contributed by atoms with Crippen LogP contribution in [0, 0.1) is 4.77 Å². The number of H-pyrrole nitrogens is 1. The van der Waals surface area contributed by atoms with Crippen LogP contribution < -0.4 is 0 Å². The molecule has 4 heteroatoms. The van der Waals surface area contributed by atoms with Gasteiger partial charge in [0, 0.05) is 11.4 Å². The van der Waals surface area contributed by atoms with Crippen molar-refractivity contribution < 1.29 is 0 Å². The summed E-state index contributed by atoms with van der Waals surface area (Å²) >= 11 is 5.50. The highest BCUT2D eigenvalue weighted by Gasteiger charge is 2.14.